The van der Waals surface area contributed by atoms with Crippen LogP contribution in [0.4, 0.5) is 5.82 Å². The van der Waals surface area contributed by atoms with Crippen LogP contribution in [0, 0.1) is 0 Å². The number of nitrogens with one attached hydrogen (secondary N) is 2. The van der Waals surface area contributed by atoms with E-state index in [-0.39, 0.29) is 23.9 Å². The van der Waals surface area contributed by atoms with E-state index < -0.39 is 6.04 Å². The third-order valence-electron chi connectivity index (χ3n) is 3.37. The van der Waals surface area contributed by atoms with E-state index in [2.05, 4.69) is 36.4 Å². The minimum atomic E-state index is -0.411. The Morgan fingerprint density at radius 3 is 2.81 bits per heavy atom. The number of rotatable bonds is 3. The lowest BCUT2D eigenvalue weighted by Crippen LogP contribution is -2.57. The molecular formula is C15H22N4O2. The maximum Gasteiger partial charge on any atom is 0.249 e. The lowest BCUT2D eigenvalue weighted by atomic mass is 10.1. The fraction of sp³-hybridized carbons (Fsp3) is 0.533. The van der Waals surface area contributed by atoms with Crippen molar-refractivity contribution in [2.24, 2.45) is 0 Å². The average molecular weight is 290 g/mol. The van der Waals surface area contributed by atoms with Crippen LogP contribution in [0.15, 0.2) is 18.3 Å². The Labute approximate surface area is 124 Å². The molecule has 0 radical (unpaired) electrons. The summed E-state index contributed by atoms with van der Waals surface area (Å²) in [6, 6.07) is 3.41. The second-order valence-electron chi connectivity index (χ2n) is 6.31. The van der Waals surface area contributed by atoms with Crippen LogP contribution in [0.1, 0.15) is 33.3 Å². The maximum absolute atomic E-state index is 11.8. The highest BCUT2D eigenvalue weighted by Crippen LogP contribution is 2.21. The molecule has 21 heavy (non-hydrogen) atoms. The zero-order valence-corrected chi connectivity index (χ0v) is 12.9. The van der Waals surface area contributed by atoms with Crippen LogP contribution in [0.5, 0.6) is 0 Å². The first-order valence-electron chi connectivity index (χ1n) is 7.07. The predicted molar refractivity (Wildman–Crippen MR) is 80.8 cm³/mol. The van der Waals surface area contributed by atoms with Gasteiger partial charge in [0.25, 0.3) is 0 Å². The van der Waals surface area contributed by atoms with Crippen LogP contribution in [0.2, 0.25) is 0 Å². The number of carbonyl (C=O) groups is 2. The molecule has 2 N–H and O–H groups in total. The summed E-state index contributed by atoms with van der Waals surface area (Å²) in [4.78, 5) is 29.5. The van der Waals surface area contributed by atoms with Crippen molar-refractivity contribution in [2.75, 3.05) is 11.4 Å². The number of carbonyl (C=O) groups excluding carboxylic acids is 2. The molecule has 1 aromatic heterocycles. The number of amides is 2. The largest absolute Gasteiger partial charge is 0.335 e. The van der Waals surface area contributed by atoms with E-state index in [9.17, 15) is 9.59 Å². The molecule has 1 unspecified atom stereocenters. The minimum absolute atomic E-state index is 0.0200. The summed E-state index contributed by atoms with van der Waals surface area (Å²) < 4.78 is 0. The lowest BCUT2D eigenvalue weighted by molar-refractivity contribution is -0.132. The molecular weight excluding hydrogens is 268 g/mol. The molecule has 1 aromatic rings. The second kappa shape index (κ2) is 5.81. The molecule has 1 saturated heterocycles. The molecule has 2 rings (SSSR count). The zero-order valence-electron chi connectivity index (χ0n) is 12.9. The molecule has 6 heteroatoms. The van der Waals surface area contributed by atoms with Crippen LogP contribution in [-0.2, 0) is 16.1 Å². The first-order chi connectivity index (χ1) is 9.78. The summed E-state index contributed by atoms with van der Waals surface area (Å²) in [7, 11) is 0. The Hall–Kier alpha value is -1.95. The molecule has 0 spiro atoms. The Morgan fingerprint density at radius 1 is 1.43 bits per heavy atom. The highest BCUT2D eigenvalue weighted by molar-refractivity contribution is 6.04. The summed E-state index contributed by atoms with van der Waals surface area (Å²) >= 11 is 0. The van der Waals surface area contributed by atoms with Crippen molar-refractivity contribution < 1.29 is 9.59 Å². The van der Waals surface area contributed by atoms with E-state index in [1.54, 1.807) is 18.0 Å². The first-order valence-corrected chi connectivity index (χ1v) is 7.07. The van der Waals surface area contributed by atoms with E-state index in [1.165, 1.54) is 0 Å². The number of nitrogens with zero attached hydrogens (tertiary/aromatic N) is 2. The molecule has 2 heterocycles. The van der Waals surface area contributed by atoms with Crippen molar-refractivity contribution in [3.8, 4) is 0 Å². The van der Waals surface area contributed by atoms with Crippen molar-refractivity contribution in [2.45, 2.75) is 45.8 Å². The van der Waals surface area contributed by atoms with Gasteiger partial charge in [-0.1, -0.05) is 6.07 Å². The van der Waals surface area contributed by atoms with Gasteiger partial charge in [-0.3, -0.25) is 14.9 Å². The quantitative estimate of drug-likeness (QED) is 0.806. The van der Waals surface area contributed by atoms with Gasteiger partial charge in [0, 0.05) is 23.8 Å². The number of imide groups is 1. The molecule has 0 aliphatic carbocycles. The van der Waals surface area contributed by atoms with Gasteiger partial charge in [0.15, 0.2) is 0 Å². The Bertz CT molecular complexity index is 551. The summed E-state index contributed by atoms with van der Waals surface area (Å²) in [5.41, 5.74) is 0.954. The molecule has 0 saturated carbocycles. The van der Waals surface area contributed by atoms with Gasteiger partial charge in [-0.05, 0) is 33.8 Å². The monoisotopic (exact) mass is 290 g/mol. The van der Waals surface area contributed by atoms with Crippen LogP contribution >= 0.6 is 0 Å². The van der Waals surface area contributed by atoms with E-state index in [0.717, 1.165) is 5.56 Å². The van der Waals surface area contributed by atoms with Crippen LogP contribution in [-0.4, -0.2) is 34.9 Å². The van der Waals surface area contributed by atoms with Gasteiger partial charge in [0.2, 0.25) is 11.8 Å². The Kier molecular flexibility index (Phi) is 4.27. The van der Waals surface area contributed by atoms with Crippen molar-refractivity contribution in [3.05, 3.63) is 23.9 Å². The topological polar surface area (TPSA) is 74.3 Å². The third-order valence-corrected chi connectivity index (χ3v) is 3.37. The van der Waals surface area contributed by atoms with Gasteiger partial charge in [-0.2, -0.15) is 0 Å². The lowest BCUT2D eigenvalue weighted by Gasteiger charge is -2.34. The van der Waals surface area contributed by atoms with Gasteiger partial charge in [-0.25, -0.2) is 4.98 Å². The SMILES string of the molecule is CC1C(=O)NC(=O)CN1c1ncccc1CNC(C)(C)C. The molecule has 6 nitrogen and oxygen atoms in total. The number of hydrogen-bond donors (Lipinski definition) is 2. The molecule has 1 fully saturated rings. The van der Waals surface area contributed by atoms with Crippen molar-refractivity contribution in [1.82, 2.24) is 15.6 Å². The maximum atomic E-state index is 11.8. The van der Waals surface area contributed by atoms with E-state index in [0.29, 0.717) is 12.4 Å². The van der Waals surface area contributed by atoms with Crippen molar-refractivity contribution in [3.63, 3.8) is 0 Å². The molecule has 2 amide bonds. The highest BCUT2D eigenvalue weighted by atomic mass is 16.2. The van der Waals surface area contributed by atoms with Gasteiger partial charge in [0.05, 0.1) is 6.54 Å². The smallest absolute Gasteiger partial charge is 0.249 e. The van der Waals surface area contributed by atoms with E-state index in [4.69, 9.17) is 0 Å². The Balaban J connectivity index is 2.26. The minimum Gasteiger partial charge on any atom is -0.335 e. The summed E-state index contributed by atoms with van der Waals surface area (Å²) in [6.45, 7) is 8.81. The molecule has 0 bridgehead atoms. The molecule has 114 valence electrons. The molecule has 0 aromatic carbocycles. The molecule has 1 atom stereocenters. The second-order valence-corrected chi connectivity index (χ2v) is 6.31. The number of aromatic nitrogens is 1. The standard InChI is InChI=1S/C15H22N4O2/c1-10-14(21)18-12(20)9-19(10)13-11(6-5-7-16-13)8-17-15(2,3)4/h5-7,10,17H,8-9H2,1-4H3,(H,18,20,21). The van der Waals surface area contributed by atoms with Gasteiger partial charge < -0.3 is 10.2 Å². The fourth-order valence-electron chi connectivity index (χ4n) is 2.16. The predicted octanol–water partition coefficient (Wildman–Crippen LogP) is 0.821. The highest BCUT2D eigenvalue weighted by Gasteiger charge is 2.32. The molecule has 1 aliphatic heterocycles. The van der Waals surface area contributed by atoms with Gasteiger partial charge in [0.1, 0.15) is 11.9 Å². The van der Waals surface area contributed by atoms with Gasteiger partial charge in [-0.15, -0.1) is 0 Å². The van der Waals surface area contributed by atoms with Gasteiger partial charge >= 0.3 is 0 Å². The summed E-state index contributed by atoms with van der Waals surface area (Å²) in [5, 5.41) is 5.74. The number of hydrogen-bond acceptors (Lipinski definition) is 5. The number of anilines is 1. The Morgan fingerprint density at radius 2 is 2.14 bits per heavy atom. The summed E-state index contributed by atoms with van der Waals surface area (Å²) in [5.74, 6) is 0.107. The number of pyridine rings is 1. The molecule has 1 aliphatic rings. The van der Waals surface area contributed by atoms with Crippen molar-refractivity contribution in [1.29, 1.82) is 0 Å². The first kappa shape index (κ1) is 15.4. The average Bonchev–Trinajstić information content (AvgIpc) is 2.40. The van der Waals surface area contributed by atoms with E-state index in [1.807, 2.05) is 12.1 Å². The number of piperazine rings is 1. The zero-order chi connectivity index (χ0) is 15.6. The fourth-order valence-corrected chi connectivity index (χ4v) is 2.16. The normalized spacial score (nSPS) is 19.6. The van der Waals surface area contributed by atoms with Crippen LogP contribution in [0.25, 0.3) is 0 Å². The van der Waals surface area contributed by atoms with Crippen LogP contribution < -0.4 is 15.5 Å². The van der Waals surface area contributed by atoms with E-state index >= 15 is 0 Å². The van der Waals surface area contributed by atoms with Crippen LogP contribution in [0.3, 0.4) is 0 Å². The van der Waals surface area contributed by atoms with Crippen molar-refractivity contribution >= 4 is 17.6 Å². The summed E-state index contributed by atoms with van der Waals surface area (Å²) in [6.07, 6.45) is 1.68. The third kappa shape index (κ3) is 3.78.